The molecule has 21 heavy (non-hydrogen) atoms. The van der Waals surface area contributed by atoms with Gasteiger partial charge in [0, 0.05) is 0 Å². The first-order valence-electron chi connectivity index (χ1n) is 7.85. The summed E-state index contributed by atoms with van der Waals surface area (Å²) in [5, 5.41) is 0. The molecule has 0 aromatic carbocycles. The monoisotopic (exact) mass is 295 g/mol. The van der Waals surface area contributed by atoms with Crippen molar-refractivity contribution in [3.05, 3.63) is 0 Å². The Balaban J connectivity index is 2.07. The van der Waals surface area contributed by atoms with Gasteiger partial charge < -0.3 is 4.74 Å². The topological polar surface area (TPSA) is 63.7 Å². The third-order valence-electron chi connectivity index (χ3n) is 4.15. The van der Waals surface area contributed by atoms with E-state index in [1.807, 2.05) is 0 Å². The maximum atomic E-state index is 12.2. The molecule has 118 valence electrons. The number of amides is 2. The van der Waals surface area contributed by atoms with Crippen LogP contribution >= 0.6 is 0 Å². The molecule has 2 aliphatic rings. The first-order chi connectivity index (χ1) is 9.78. The number of nitrogens with zero attached hydrogens (tertiary/aromatic N) is 1. The van der Waals surface area contributed by atoms with Gasteiger partial charge in [-0.25, -0.2) is 9.69 Å². The molecule has 0 unspecified atom stereocenters. The fourth-order valence-corrected chi connectivity index (χ4v) is 3.19. The summed E-state index contributed by atoms with van der Waals surface area (Å²) in [6.07, 6.45) is 5.50. The lowest BCUT2D eigenvalue weighted by Gasteiger charge is -2.29. The van der Waals surface area contributed by atoms with Crippen LogP contribution in [0.1, 0.15) is 65.7 Å². The van der Waals surface area contributed by atoms with Gasteiger partial charge in [0.15, 0.2) is 5.78 Å². The van der Waals surface area contributed by atoms with Crippen LogP contribution in [0.5, 0.6) is 0 Å². The van der Waals surface area contributed by atoms with E-state index in [2.05, 4.69) is 0 Å². The van der Waals surface area contributed by atoms with E-state index in [0.717, 1.165) is 17.7 Å². The number of likely N-dealkylation sites (tertiary alicyclic amines) is 1. The summed E-state index contributed by atoms with van der Waals surface area (Å²) in [4.78, 5) is 37.3. The first-order valence-corrected chi connectivity index (χ1v) is 7.85. The minimum Gasteiger partial charge on any atom is -0.443 e. The SMILES string of the molecule is CC(C)(C)OC(=O)N1C(=O)CC(=O)[C@H]1CC1CCCCC1. The number of ether oxygens (including phenoxy) is 1. The molecule has 5 nitrogen and oxygen atoms in total. The highest BCUT2D eigenvalue weighted by Gasteiger charge is 2.44. The van der Waals surface area contributed by atoms with Crippen molar-refractivity contribution >= 4 is 17.8 Å². The normalized spacial score (nSPS) is 24.5. The second kappa shape index (κ2) is 6.16. The van der Waals surface area contributed by atoms with Crippen LogP contribution in [0.3, 0.4) is 0 Å². The zero-order valence-electron chi connectivity index (χ0n) is 13.2. The van der Waals surface area contributed by atoms with E-state index in [9.17, 15) is 14.4 Å². The highest BCUT2D eigenvalue weighted by molar-refractivity contribution is 6.13. The summed E-state index contributed by atoms with van der Waals surface area (Å²) < 4.78 is 5.27. The number of rotatable bonds is 2. The van der Waals surface area contributed by atoms with Gasteiger partial charge >= 0.3 is 6.09 Å². The number of hydrogen-bond donors (Lipinski definition) is 0. The van der Waals surface area contributed by atoms with Crippen LogP contribution in [0, 0.1) is 5.92 Å². The van der Waals surface area contributed by atoms with Gasteiger partial charge in [0.25, 0.3) is 0 Å². The van der Waals surface area contributed by atoms with Gasteiger partial charge in [0.1, 0.15) is 11.6 Å². The average Bonchev–Trinajstić information content (AvgIpc) is 2.63. The quantitative estimate of drug-likeness (QED) is 0.734. The molecule has 2 rings (SSSR count). The van der Waals surface area contributed by atoms with Crippen molar-refractivity contribution in [2.75, 3.05) is 0 Å². The maximum absolute atomic E-state index is 12.2. The number of hydrogen-bond acceptors (Lipinski definition) is 4. The smallest absolute Gasteiger partial charge is 0.417 e. The fourth-order valence-electron chi connectivity index (χ4n) is 3.19. The van der Waals surface area contributed by atoms with Crippen molar-refractivity contribution in [1.82, 2.24) is 4.90 Å². The van der Waals surface area contributed by atoms with Crippen molar-refractivity contribution in [2.45, 2.75) is 77.4 Å². The van der Waals surface area contributed by atoms with Gasteiger partial charge in [-0.05, 0) is 33.1 Å². The molecule has 0 spiro atoms. The van der Waals surface area contributed by atoms with Crippen molar-refractivity contribution in [3.63, 3.8) is 0 Å². The minimum absolute atomic E-state index is 0.142. The van der Waals surface area contributed by atoms with Gasteiger partial charge in [-0.1, -0.05) is 32.1 Å². The predicted molar refractivity (Wildman–Crippen MR) is 77.7 cm³/mol. The van der Waals surface area contributed by atoms with Gasteiger partial charge in [-0.2, -0.15) is 0 Å². The number of carbonyl (C=O) groups is 3. The molecule has 0 radical (unpaired) electrons. The van der Waals surface area contributed by atoms with Gasteiger partial charge in [0.2, 0.25) is 5.91 Å². The molecule has 2 fully saturated rings. The van der Waals surface area contributed by atoms with Crippen molar-refractivity contribution < 1.29 is 19.1 Å². The molecule has 0 aromatic rings. The molecular formula is C16H25NO4. The van der Waals surface area contributed by atoms with Crippen LogP contribution in [-0.4, -0.2) is 34.3 Å². The number of imide groups is 1. The predicted octanol–water partition coefficient (Wildman–Crippen LogP) is 3.06. The Bertz CT molecular complexity index is 432. The second-order valence-electron chi connectivity index (χ2n) is 7.14. The Morgan fingerprint density at radius 1 is 1.19 bits per heavy atom. The molecular weight excluding hydrogens is 270 g/mol. The Morgan fingerprint density at radius 2 is 1.81 bits per heavy atom. The largest absolute Gasteiger partial charge is 0.443 e. The highest BCUT2D eigenvalue weighted by Crippen LogP contribution is 2.32. The molecule has 0 bridgehead atoms. The molecule has 1 heterocycles. The Hall–Kier alpha value is -1.39. The van der Waals surface area contributed by atoms with E-state index in [1.165, 1.54) is 19.3 Å². The molecule has 1 saturated carbocycles. The third kappa shape index (κ3) is 4.05. The summed E-state index contributed by atoms with van der Waals surface area (Å²) in [6, 6.07) is -0.615. The lowest BCUT2D eigenvalue weighted by Crippen LogP contribution is -2.44. The molecule has 1 saturated heterocycles. The van der Waals surface area contributed by atoms with E-state index in [4.69, 9.17) is 4.74 Å². The maximum Gasteiger partial charge on any atom is 0.417 e. The summed E-state index contributed by atoms with van der Waals surface area (Å²) in [5.41, 5.74) is -0.668. The van der Waals surface area contributed by atoms with Gasteiger partial charge in [-0.15, -0.1) is 0 Å². The molecule has 0 N–H and O–H groups in total. The Labute approximate surface area is 126 Å². The fraction of sp³-hybridized carbons (Fsp3) is 0.812. The molecule has 5 heteroatoms. The lowest BCUT2D eigenvalue weighted by atomic mass is 9.84. The number of ketones is 1. The summed E-state index contributed by atoms with van der Waals surface area (Å²) in [6.45, 7) is 5.26. The number of Topliss-reactive ketones (excluding diaryl/α,β-unsaturated/α-hetero) is 1. The van der Waals surface area contributed by atoms with E-state index < -0.39 is 23.6 Å². The molecule has 1 aliphatic carbocycles. The van der Waals surface area contributed by atoms with Crippen LogP contribution < -0.4 is 0 Å². The van der Waals surface area contributed by atoms with E-state index in [0.29, 0.717) is 12.3 Å². The van der Waals surface area contributed by atoms with E-state index in [1.54, 1.807) is 20.8 Å². The van der Waals surface area contributed by atoms with Crippen molar-refractivity contribution in [1.29, 1.82) is 0 Å². The summed E-state index contributed by atoms with van der Waals surface area (Å²) in [5.74, 6) is -0.130. The highest BCUT2D eigenvalue weighted by atomic mass is 16.6. The molecule has 1 aliphatic heterocycles. The van der Waals surface area contributed by atoms with Crippen LogP contribution in [0.15, 0.2) is 0 Å². The van der Waals surface area contributed by atoms with E-state index >= 15 is 0 Å². The standard InChI is InChI=1S/C16H25NO4/c1-16(2,3)21-15(20)17-12(13(18)10-14(17)19)9-11-7-5-4-6-8-11/h11-12H,4-10H2,1-3H3/t12-/m1/s1. The lowest BCUT2D eigenvalue weighted by molar-refractivity contribution is -0.128. The van der Waals surface area contributed by atoms with Crippen molar-refractivity contribution in [2.24, 2.45) is 5.92 Å². The zero-order valence-corrected chi connectivity index (χ0v) is 13.2. The average molecular weight is 295 g/mol. The van der Waals surface area contributed by atoms with Crippen LogP contribution in [0.4, 0.5) is 4.79 Å². The number of carbonyl (C=O) groups excluding carboxylic acids is 3. The Kier molecular flexibility index (Phi) is 4.69. The molecule has 1 atom stereocenters. The molecule has 0 aromatic heterocycles. The van der Waals surface area contributed by atoms with Crippen LogP contribution in [0.2, 0.25) is 0 Å². The van der Waals surface area contributed by atoms with E-state index in [-0.39, 0.29) is 12.2 Å². The van der Waals surface area contributed by atoms with Gasteiger partial charge in [0.05, 0.1) is 6.42 Å². The third-order valence-corrected chi connectivity index (χ3v) is 4.15. The zero-order chi connectivity index (χ0) is 15.6. The van der Waals surface area contributed by atoms with Crippen LogP contribution in [0.25, 0.3) is 0 Å². The molecule has 2 amide bonds. The summed E-state index contributed by atoms with van der Waals surface area (Å²) >= 11 is 0. The van der Waals surface area contributed by atoms with Crippen molar-refractivity contribution in [3.8, 4) is 0 Å². The van der Waals surface area contributed by atoms with Crippen LogP contribution in [-0.2, 0) is 14.3 Å². The first kappa shape index (κ1) is 16.0. The van der Waals surface area contributed by atoms with Gasteiger partial charge in [-0.3, -0.25) is 9.59 Å². The minimum atomic E-state index is -0.681. The Morgan fingerprint density at radius 3 is 2.38 bits per heavy atom. The summed E-state index contributed by atoms with van der Waals surface area (Å²) in [7, 11) is 0. The second-order valence-corrected chi connectivity index (χ2v) is 7.14.